The van der Waals surface area contributed by atoms with Gasteiger partial charge in [0.2, 0.25) is 5.91 Å². The van der Waals surface area contributed by atoms with Gasteiger partial charge in [-0.25, -0.2) is 9.97 Å². The second kappa shape index (κ2) is 7.79. The Kier molecular flexibility index (Phi) is 5.72. The minimum atomic E-state index is 0.237. The van der Waals surface area contributed by atoms with Crippen LogP contribution in [-0.4, -0.2) is 34.9 Å². The van der Waals surface area contributed by atoms with Gasteiger partial charge in [-0.15, -0.1) is 11.3 Å². The van der Waals surface area contributed by atoms with E-state index in [0.29, 0.717) is 11.6 Å². The Bertz CT molecular complexity index is 728. The topological polar surface area (TPSA) is 46.1 Å². The van der Waals surface area contributed by atoms with E-state index in [1.807, 2.05) is 14.1 Å². The predicted molar refractivity (Wildman–Crippen MR) is 99.7 cm³/mol. The van der Waals surface area contributed by atoms with Crippen molar-refractivity contribution in [2.75, 3.05) is 14.1 Å². The molecule has 0 radical (unpaired) electrons. The first-order valence-corrected chi connectivity index (χ1v) is 9.86. The molecule has 1 amide bonds. The van der Waals surface area contributed by atoms with E-state index in [4.69, 9.17) is 11.6 Å². The number of hydrogen-bond donors (Lipinski definition) is 0. The van der Waals surface area contributed by atoms with Gasteiger partial charge in [-0.05, 0) is 37.2 Å². The number of aryl methyl sites for hydroxylation is 1. The maximum Gasteiger partial charge on any atom is 0.222 e. The molecule has 3 rings (SSSR count). The molecule has 0 bridgehead atoms. The van der Waals surface area contributed by atoms with E-state index in [2.05, 4.69) is 9.97 Å². The van der Waals surface area contributed by atoms with E-state index >= 15 is 0 Å². The molecule has 0 aromatic carbocycles. The summed E-state index contributed by atoms with van der Waals surface area (Å²) >= 11 is 8.05. The molecule has 2 aromatic rings. The Morgan fingerprint density at radius 2 is 2.17 bits per heavy atom. The number of thiophene rings is 1. The van der Waals surface area contributed by atoms with Crippen LogP contribution in [0.1, 0.15) is 49.0 Å². The van der Waals surface area contributed by atoms with Crippen LogP contribution in [0.25, 0.3) is 10.2 Å². The fraction of sp³-hybridized carbons (Fsp3) is 0.611. The Hall–Kier alpha value is -1.20. The lowest BCUT2D eigenvalue weighted by Crippen LogP contribution is -2.21. The quantitative estimate of drug-likeness (QED) is 0.559. The summed E-state index contributed by atoms with van der Waals surface area (Å²) in [4.78, 5) is 24.2. The van der Waals surface area contributed by atoms with Gasteiger partial charge in [-0.2, -0.15) is 0 Å². The van der Waals surface area contributed by atoms with Crippen LogP contribution >= 0.6 is 22.9 Å². The molecule has 1 unspecified atom stereocenters. The van der Waals surface area contributed by atoms with E-state index in [1.54, 1.807) is 22.6 Å². The highest BCUT2D eigenvalue weighted by Gasteiger charge is 2.24. The predicted octanol–water partition coefficient (Wildman–Crippen LogP) is 4.49. The maximum absolute atomic E-state index is 11.6. The van der Waals surface area contributed by atoms with Gasteiger partial charge in [0.1, 0.15) is 16.3 Å². The number of aromatic nitrogens is 2. The van der Waals surface area contributed by atoms with E-state index in [-0.39, 0.29) is 5.91 Å². The monoisotopic (exact) mass is 365 g/mol. The number of carbonyl (C=O) groups excluding carboxylic acids is 1. The zero-order valence-electron chi connectivity index (χ0n) is 14.3. The van der Waals surface area contributed by atoms with Crippen LogP contribution in [0.4, 0.5) is 0 Å². The fourth-order valence-corrected chi connectivity index (χ4v) is 5.10. The first-order chi connectivity index (χ1) is 11.6. The Labute approximate surface area is 152 Å². The molecular weight excluding hydrogens is 342 g/mol. The smallest absolute Gasteiger partial charge is 0.222 e. The normalized spacial score (nSPS) is 17.0. The molecule has 1 aliphatic carbocycles. The molecule has 0 aliphatic heterocycles. The lowest BCUT2D eigenvalue weighted by Gasteiger charge is -2.22. The van der Waals surface area contributed by atoms with Crippen molar-refractivity contribution in [2.24, 2.45) is 5.92 Å². The maximum atomic E-state index is 11.6. The van der Waals surface area contributed by atoms with Crippen LogP contribution in [0.5, 0.6) is 0 Å². The van der Waals surface area contributed by atoms with Crippen molar-refractivity contribution in [3.05, 3.63) is 21.9 Å². The summed E-state index contributed by atoms with van der Waals surface area (Å²) in [6, 6.07) is 0. The summed E-state index contributed by atoms with van der Waals surface area (Å²) in [5.74, 6) is 0.988. The second-order valence-corrected chi connectivity index (χ2v) is 8.29. The number of unbranched alkanes of at least 4 members (excludes halogenated alkanes) is 2. The van der Waals surface area contributed by atoms with Gasteiger partial charge in [0.05, 0.1) is 5.39 Å². The average molecular weight is 366 g/mol. The van der Waals surface area contributed by atoms with Crippen LogP contribution in [0.3, 0.4) is 0 Å². The molecular formula is C18H24ClN3OS. The van der Waals surface area contributed by atoms with E-state index < -0.39 is 0 Å². The number of halogens is 1. The third-order valence-electron chi connectivity index (χ3n) is 4.90. The minimum Gasteiger partial charge on any atom is -0.349 e. The number of rotatable bonds is 6. The molecule has 1 atom stereocenters. The molecule has 2 aromatic heterocycles. The number of hydrogen-bond acceptors (Lipinski definition) is 4. The van der Waals surface area contributed by atoms with Crippen molar-refractivity contribution >= 4 is 39.1 Å². The highest BCUT2D eigenvalue weighted by molar-refractivity contribution is 7.19. The Morgan fingerprint density at radius 3 is 2.96 bits per heavy atom. The van der Waals surface area contributed by atoms with Crippen molar-refractivity contribution in [3.8, 4) is 0 Å². The third-order valence-corrected chi connectivity index (χ3v) is 6.35. The summed E-state index contributed by atoms with van der Waals surface area (Å²) in [7, 11) is 3.65. The highest BCUT2D eigenvalue weighted by Crippen LogP contribution is 2.40. The minimum absolute atomic E-state index is 0.237. The Morgan fingerprint density at radius 1 is 1.33 bits per heavy atom. The van der Waals surface area contributed by atoms with Crippen LogP contribution < -0.4 is 0 Å². The molecule has 0 saturated carbocycles. The molecule has 24 heavy (non-hydrogen) atoms. The standard InChI is InChI=1S/C18H24ClN3OS/c1-22(2)15(23)7-5-3-4-6-12-8-9-13-14(10-12)24-18-16(13)17(19)20-11-21-18/h11-12H,3-10H2,1-2H3. The van der Waals surface area contributed by atoms with Crippen LogP contribution in [-0.2, 0) is 17.6 Å². The fourth-order valence-electron chi connectivity index (χ4n) is 3.50. The zero-order valence-corrected chi connectivity index (χ0v) is 15.9. The van der Waals surface area contributed by atoms with Crippen molar-refractivity contribution in [2.45, 2.75) is 51.4 Å². The number of amides is 1. The van der Waals surface area contributed by atoms with Gasteiger partial charge in [-0.3, -0.25) is 4.79 Å². The zero-order chi connectivity index (χ0) is 17.1. The first kappa shape index (κ1) is 17.6. The molecule has 0 spiro atoms. The largest absolute Gasteiger partial charge is 0.349 e. The lowest BCUT2D eigenvalue weighted by molar-refractivity contribution is -0.128. The number of carbonyl (C=O) groups is 1. The lowest BCUT2D eigenvalue weighted by atomic mass is 9.84. The van der Waals surface area contributed by atoms with E-state index in [1.165, 1.54) is 29.7 Å². The van der Waals surface area contributed by atoms with Crippen LogP contribution in [0, 0.1) is 5.92 Å². The van der Waals surface area contributed by atoms with Crippen LogP contribution in [0.2, 0.25) is 5.15 Å². The van der Waals surface area contributed by atoms with Crippen molar-refractivity contribution < 1.29 is 4.79 Å². The third kappa shape index (κ3) is 3.89. The molecule has 130 valence electrons. The van der Waals surface area contributed by atoms with Gasteiger partial charge in [0, 0.05) is 25.4 Å². The molecule has 2 heterocycles. The van der Waals surface area contributed by atoms with Gasteiger partial charge in [-0.1, -0.05) is 30.9 Å². The highest BCUT2D eigenvalue weighted by atomic mass is 35.5. The summed E-state index contributed by atoms with van der Waals surface area (Å²) in [5.41, 5.74) is 1.38. The van der Waals surface area contributed by atoms with Gasteiger partial charge >= 0.3 is 0 Å². The summed E-state index contributed by atoms with van der Waals surface area (Å²) in [6.07, 6.45) is 10.3. The summed E-state index contributed by atoms with van der Waals surface area (Å²) in [5, 5.41) is 1.68. The summed E-state index contributed by atoms with van der Waals surface area (Å²) in [6.45, 7) is 0. The molecule has 0 fully saturated rings. The van der Waals surface area contributed by atoms with E-state index in [9.17, 15) is 4.79 Å². The molecule has 4 nitrogen and oxygen atoms in total. The Balaban J connectivity index is 1.50. The van der Waals surface area contributed by atoms with Crippen molar-refractivity contribution in [1.82, 2.24) is 14.9 Å². The number of nitrogens with zero attached hydrogens (tertiary/aromatic N) is 3. The van der Waals surface area contributed by atoms with Crippen molar-refractivity contribution in [1.29, 1.82) is 0 Å². The summed E-state index contributed by atoms with van der Waals surface area (Å²) < 4.78 is 0. The number of fused-ring (bicyclic) bond motifs is 3. The van der Waals surface area contributed by atoms with Gasteiger partial charge in [0.25, 0.3) is 0 Å². The van der Waals surface area contributed by atoms with Crippen LogP contribution in [0.15, 0.2) is 6.33 Å². The SMILES string of the molecule is CN(C)C(=O)CCCCCC1CCc2c(sc3ncnc(Cl)c23)C1. The van der Waals surface area contributed by atoms with Crippen molar-refractivity contribution in [3.63, 3.8) is 0 Å². The molecule has 1 aliphatic rings. The first-order valence-electron chi connectivity index (χ1n) is 8.67. The molecule has 6 heteroatoms. The van der Waals surface area contributed by atoms with Gasteiger partial charge < -0.3 is 4.90 Å². The van der Waals surface area contributed by atoms with E-state index in [0.717, 1.165) is 41.8 Å². The molecule has 0 saturated heterocycles. The molecule has 0 N–H and O–H groups in total. The second-order valence-electron chi connectivity index (χ2n) is 6.84. The average Bonchev–Trinajstić information content (AvgIpc) is 2.93. The van der Waals surface area contributed by atoms with Gasteiger partial charge in [0.15, 0.2) is 0 Å².